The normalized spacial score (nSPS) is 17.2. The molecular formula is C26H26F2N8O2. The summed E-state index contributed by atoms with van der Waals surface area (Å²) in [5.74, 6) is 0.727. The fourth-order valence-corrected chi connectivity index (χ4v) is 5.13. The fourth-order valence-electron chi connectivity index (χ4n) is 5.13. The zero-order valence-electron chi connectivity index (χ0n) is 20.7. The van der Waals surface area contributed by atoms with Crippen LogP contribution in [-0.4, -0.2) is 66.8 Å². The van der Waals surface area contributed by atoms with Crippen LogP contribution in [0.25, 0.3) is 22.3 Å². The number of imidazole rings is 1. The Labute approximate surface area is 217 Å². The third-order valence-electron chi connectivity index (χ3n) is 7.30. The van der Waals surface area contributed by atoms with Crippen molar-refractivity contribution in [1.82, 2.24) is 29.4 Å². The number of piperazine rings is 1. The van der Waals surface area contributed by atoms with Gasteiger partial charge in [0.25, 0.3) is 0 Å². The molecule has 0 radical (unpaired) electrons. The molecular weight excluding hydrogens is 494 g/mol. The minimum atomic E-state index is -0.914. The van der Waals surface area contributed by atoms with E-state index >= 15 is 0 Å². The van der Waals surface area contributed by atoms with E-state index in [1.165, 1.54) is 11.0 Å². The Balaban J connectivity index is 1.22. The van der Waals surface area contributed by atoms with E-state index in [0.717, 1.165) is 37.1 Å². The molecule has 0 spiro atoms. The van der Waals surface area contributed by atoms with Crippen molar-refractivity contribution >= 4 is 34.6 Å². The molecule has 196 valence electrons. The van der Waals surface area contributed by atoms with Crippen molar-refractivity contribution in [2.24, 2.45) is 5.92 Å². The Morgan fingerprint density at radius 3 is 2.61 bits per heavy atom. The summed E-state index contributed by atoms with van der Waals surface area (Å²) in [7, 11) is 0. The van der Waals surface area contributed by atoms with Crippen LogP contribution < -0.4 is 10.2 Å². The van der Waals surface area contributed by atoms with Gasteiger partial charge in [0.2, 0.25) is 5.95 Å². The van der Waals surface area contributed by atoms with Crippen molar-refractivity contribution in [1.29, 1.82) is 0 Å². The average Bonchev–Trinajstić information content (AvgIpc) is 3.49. The first-order valence-corrected chi connectivity index (χ1v) is 12.6. The highest BCUT2D eigenvalue weighted by Crippen LogP contribution is 2.33. The van der Waals surface area contributed by atoms with Gasteiger partial charge in [0, 0.05) is 44.7 Å². The Hall–Kier alpha value is -4.35. The van der Waals surface area contributed by atoms with Gasteiger partial charge in [0.1, 0.15) is 22.9 Å². The lowest BCUT2D eigenvalue weighted by Crippen LogP contribution is -2.48. The molecule has 2 aliphatic rings. The van der Waals surface area contributed by atoms with Gasteiger partial charge in [-0.3, -0.25) is 0 Å². The van der Waals surface area contributed by atoms with Gasteiger partial charge >= 0.3 is 6.09 Å². The molecule has 1 saturated heterocycles. The molecule has 2 N–H and O–H groups in total. The van der Waals surface area contributed by atoms with Crippen molar-refractivity contribution in [2.45, 2.75) is 26.3 Å². The van der Waals surface area contributed by atoms with Crippen molar-refractivity contribution in [3.63, 3.8) is 0 Å². The molecule has 1 fully saturated rings. The van der Waals surface area contributed by atoms with E-state index in [0.29, 0.717) is 54.5 Å². The van der Waals surface area contributed by atoms with E-state index in [1.807, 2.05) is 10.6 Å². The molecule has 0 aliphatic carbocycles. The van der Waals surface area contributed by atoms with Crippen LogP contribution in [0.15, 0.2) is 36.7 Å². The highest BCUT2D eigenvalue weighted by Gasteiger charge is 2.26. The number of rotatable bonds is 5. The van der Waals surface area contributed by atoms with Crippen LogP contribution in [0.2, 0.25) is 0 Å². The third kappa shape index (κ3) is 4.35. The van der Waals surface area contributed by atoms with E-state index in [4.69, 9.17) is 5.11 Å². The topological polar surface area (TPSA) is 112 Å². The van der Waals surface area contributed by atoms with Gasteiger partial charge in [0.15, 0.2) is 11.6 Å². The molecule has 0 saturated carbocycles. The summed E-state index contributed by atoms with van der Waals surface area (Å²) in [6, 6.07) is 6.61. The number of carboxylic acid groups (broad SMARTS) is 1. The first-order chi connectivity index (χ1) is 18.4. The zero-order valence-corrected chi connectivity index (χ0v) is 20.7. The third-order valence-corrected chi connectivity index (χ3v) is 7.30. The lowest BCUT2D eigenvalue weighted by molar-refractivity contribution is 0.142. The largest absolute Gasteiger partial charge is 0.465 e. The van der Waals surface area contributed by atoms with Crippen LogP contribution in [0.5, 0.6) is 0 Å². The Kier molecular flexibility index (Phi) is 6.01. The lowest BCUT2D eigenvalue weighted by atomic mass is 10.1. The van der Waals surface area contributed by atoms with Crippen LogP contribution in [0, 0.1) is 17.6 Å². The summed E-state index contributed by atoms with van der Waals surface area (Å²) in [4.78, 5) is 31.8. The summed E-state index contributed by atoms with van der Waals surface area (Å²) in [6.07, 6.45) is 3.63. The quantitative estimate of drug-likeness (QED) is 0.401. The maximum atomic E-state index is 15.0. The number of nitrogens with one attached hydrogen (secondary N) is 1. The molecule has 1 aromatic carbocycles. The molecule has 3 aromatic heterocycles. The summed E-state index contributed by atoms with van der Waals surface area (Å²) >= 11 is 0. The summed E-state index contributed by atoms with van der Waals surface area (Å²) in [6.45, 7) is 4.89. The molecule has 1 unspecified atom stereocenters. The van der Waals surface area contributed by atoms with Gasteiger partial charge < -0.3 is 24.8 Å². The number of aromatic nitrogens is 5. The molecule has 6 rings (SSSR count). The predicted octanol–water partition coefficient (Wildman–Crippen LogP) is 4.29. The number of anilines is 3. The number of hydrogen-bond acceptors (Lipinski definition) is 7. The molecule has 0 bridgehead atoms. The number of nitrogens with zero attached hydrogens (tertiary/aromatic N) is 7. The van der Waals surface area contributed by atoms with E-state index in [1.54, 1.807) is 18.3 Å². The number of hydrogen-bond donors (Lipinski definition) is 2. The Morgan fingerprint density at radius 1 is 1.08 bits per heavy atom. The minimum Gasteiger partial charge on any atom is -0.465 e. The lowest BCUT2D eigenvalue weighted by Gasteiger charge is -2.34. The first kappa shape index (κ1) is 24.0. The van der Waals surface area contributed by atoms with E-state index in [9.17, 15) is 13.6 Å². The number of amides is 1. The first-order valence-electron chi connectivity index (χ1n) is 12.6. The van der Waals surface area contributed by atoms with Crippen LogP contribution >= 0.6 is 0 Å². The number of pyridine rings is 1. The highest BCUT2D eigenvalue weighted by atomic mass is 19.1. The van der Waals surface area contributed by atoms with Crippen molar-refractivity contribution < 1.29 is 18.7 Å². The predicted molar refractivity (Wildman–Crippen MR) is 137 cm³/mol. The number of fused-ring (bicyclic) bond motifs is 3. The molecule has 4 aromatic rings. The van der Waals surface area contributed by atoms with Crippen LogP contribution in [-0.2, 0) is 13.0 Å². The van der Waals surface area contributed by atoms with Gasteiger partial charge in [0.05, 0.1) is 23.6 Å². The summed E-state index contributed by atoms with van der Waals surface area (Å²) in [5, 5.41) is 12.1. The van der Waals surface area contributed by atoms with Gasteiger partial charge in [-0.1, -0.05) is 13.3 Å². The van der Waals surface area contributed by atoms with E-state index in [2.05, 4.69) is 37.1 Å². The monoisotopic (exact) mass is 520 g/mol. The average molecular weight is 521 g/mol. The standard InChI is InChI=1S/C26H26F2N8O2/c1-2-15-9-22-32-24-18(27)10-16(11-20(24)36(22)14-15)23-19(28)13-30-25(33-23)31-21-4-3-17(12-29-21)34-5-7-35(8-6-34)26(37)38/h3-4,10-13,15H,2,5-9,14H2,1H3,(H,37,38)(H,29,30,31,33). The molecule has 12 heteroatoms. The van der Waals surface area contributed by atoms with Crippen molar-refractivity contribution in [3.05, 3.63) is 54.1 Å². The number of carbonyl (C=O) groups is 1. The van der Waals surface area contributed by atoms with Crippen LogP contribution in [0.1, 0.15) is 19.2 Å². The maximum absolute atomic E-state index is 15.0. The molecule has 1 amide bonds. The summed E-state index contributed by atoms with van der Waals surface area (Å²) in [5.41, 5.74) is 2.09. The Morgan fingerprint density at radius 2 is 1.89 bits per heavy atom. The second kappa shape index (κ2) is 9.51. The maximum Gasteiger partial charge on any atom is 0.407 e. The second-order valence-corrected chi connectivity index (χ2v) is 9.62. The van der Waals surface area contributed by atoms with Gasteiger partial charge in [-0.15, -0.1) is 0 Å². The molecule has 1 atom stereocenters. The van der Waals surface area contributed by atoms with Gasteiger partial charge in [-0.25, -0.2) is 33.5 Å². The summed E-state index contributed by atoms with van der Waals surface area (Å²) < 4.78 is 31.8. The second-order valence-electron chi connectivity index (χ2n) is 9.62. The molecule has 5 heterocycles. The molecule has 38 heavy (non-hydrogen) atoms. The van der Waals surface area contributed by atoms with Crippen molar-refractivity contribution in [3.8, 4) is 11.3 Å². The minimum absolute atomic E-state index is 0.0168. The Bertz CT molecular complexity index is 1520. The van der Waals surface area contributed by atoms with Crippen molar-refractivity contribution in [2.75, 3.05) is 36.4 Å². The SMILES string of the molecule is CCC1Cc2nc3c(F)cc(-c4nc(Nc5ccc(N6CCN(C(=O)O)CC6)cn5)ncc4F)cc3n2C1. The van der Waals surface area contributed by atoms with Gasteiger partial charge in [-0.2, -0.15) is 0 Å². The number of benzene rings is 1. The number of halogens is 2. The highest BCUT2D eigenvalue weighted by molar-refractivity contribution is 5.83. The molecule has 10 nitrogen and oxygen atoms in total. The van der Waals surface area contributed by atoms with E-state index < -0.39 is 17.7 Å². The van der Waals surface area contributed by atoms with Crippen LogP contribution in [0.4, 0.5) is 31.0 Å². The fraction of sp³-hybridized carbons (Fsp3) is 0.346. The van der Waals surface area contributed by atoms with E-state index in [-0.39, 0.29) is 11.6 Å². The van der Waals surface area contributed by atoms with Gasteiger partial charge in [-0.05, 0) is 30.2 Å². The van der Waals surface area contributed by atoms with Crippen LogP contribution in [0.3, 0.4) is 0 Å². The molecule has 2 aliphatic heterocycles. The zero-order chi connectivity index (χ0) is 26.4. The smallest absolute Gasteiger partial charge is 0.407 e.